The van der Waals surface area contributed by atoms with E-state index in [4.69, 9.17) is 4.74 Å². The number of pyridine rings is 1. The Morgan fingerprint density at radius 2 is 1.89 bits per heavy atom. The predicted molar refractivity (Wildman–Crippen MR) is 70.5 cm³/mol. The highest BCUT2D eigenvalue weighted by atomic mass is 16.5. The van der Waals surface area contributed by atoms with E-state index in [2.05, 4.69) is 14.5 Å². The van der Waals surface area contributed by atoms with Gasteiger partial charge in [0.2, 0.25) is 0 Å². The minimum absolute atomic E-state index is 0.840. The Hall–Kier alpha value is -2.36. The Kier molecular flexibility index (Phi) is 2.48. The van der Waals surface area contributed by atoms with Gasteiger partial charge >= 0.3 is 0 Å². The Morgan fingerprint density at radius 3 is 2.61 bits per heavy atom. The van der Waals surface area contributed by atoms with Crippen molar-refractivity contribution in [2.45, 2.75) is 0 Å². The van der Waals surface area contributed by atoms with Crippen molar-refractivity contribution in [2.24, 2.45) is 7.05 Å². The van der Waals surface area contributed by atoms with E-state index in [1.54, 1.807) is 19.5 Å². The molecule has 3 aromatic rings. The number of ether oxygens (including phenoxy) is 1. The number of hydrogen-bond donors (Lipinski definition) is 0. The molecule has 0 bridgehead atoms. The topological polar surface area (TPSA) is 39.9 Å². The fourth-order valence-corrected chi connectivity index (χ4v) is 2.06. The molecule has 2 heterocycles. The van der Waals surface area contributed by atoms with Crippen LogP contribution in [0.5, 0.6) is 5.75 Å². The van der Waals surface area contributed by atoms with Crippen LogP contribution in [0.25, 0.3) is 22.4 Å². The highest BCUT2D eigenvalue weighted by Crippen LogP contribution is 2.25. The first-order valence-corrected chi connectivity index (χ1v) is 5.70. The zero-order chi connectivity index (χ0) is 12.5. The number of aromatic nitrogens is 3. The smallest absolute Gasteiger partial charge is 0.140 e. The monoisotopic (exact) mass is 239 g/mol. The second-order valence-corrected chi connectivity index (χ2v) is 4.08. The van der Waals surface area contributed by atoms with Crippen LogP contribution in [0.4, 0.5) is 0 Å². The van der Waals surface area contributed by atoms with E-state index >= 15 is 0 Å². The molecule has 90 valence electrons. The van der Waals surface area contributed by atoms with Crippen molar-refractivity contribution >= 4 is 11.0 Å². The van der Waals surface area contributed by atoms with Gasteiger partial charge in [-0.25, -0.2) is 4.98 Å². The fourth-order valence-electron chi connectivity index (χ4n) is 2.06. The van der Waals surface area contributed by atoms with Crippen LogP contribution in [0.1, 0.15) is 0 Å². The largest absolute Gasteiger partial charge is 0.497 e. The molecule has 0 saturated heterocycles. The molecule has 3 rings (SSSR count). The molecular formula is C14H13N3O. The van der Waals surface area contributed by atoms with Gasteiger partial charge in [-0.15, -0.1) is 0 Å². The van der Waals surface area contributed by atoms with Crippen molar-refractivity contribution in [2.75, 3.05) is 7.11 Å². The zero-order valence-corrected chi connectivity index (χ0v) is 10.3. The third-order valence-electron chi connectivity index (χ3n) is 3.03. The number of nitrogens with zero attached hydrogens (tertiary/aromatic N) is 3. The number of rotatable bonds is 2. The summed E-state index contributed by atoms with van der Waals surface area (Å²) in [5.74, 6) is 1.77. The van der Waals surface area contributed by atoms with Crippen LogP contribution in [0.2, 0.25) is 0 Å². The van der Waals surface area contributed by atoms with E-state index in [1.165, 1.54) is 0 Å². The van der Waals surface area contributed by atoms with Crippen molar-refractivity contribution < 1.29 is 4.74 Å². The first-order valence-electron chi connectivity index (χ1n) is 5.70. The lowest BCUT2D eigenvalue weighted by Crippen LogP contribution is -1.92. The molecular weight excluding hydrogens is 226 g/mol. The Morgan fingerprint density at radius 1 is 1.11 bits per heavy atom. The summed E-state index contributed by atoms with van der Waals surface area (Å²) in [4.78, 5) is 8.66. The molecule has 18 heavy (non-hydrogen) atoms. The molecule has 0 atom stereocenters. The lowest BCUT2D eigenvalue weighted by atomic mass is 10.2. The number of benzene rings is 1. The van der Waals surface area contributed by atoms with Crippen molar-refractivity contribution in [3.05, 3.63) is 42.7 Å². The molecule has 0 amide bonds. The molecule has 1 aromatic carbocycles. The highest BCUT2D eigenvalue weighted by molar-refractivity contribution is 5.81. The summed E-state index contributed by atoms with van der Waals surface area (Å²) >= 11 is 0. The van der Waals surface area contributed by atoms with Crippen LogP contribution < -0.4 is 4.74 Å². The highest BCUT2D eigenvalue weighted by Gasteiger charge is 2.10. The average molecular weight is 239 g/mol. The summed E-state index contributed by atoms with van der Waals surface area (Å²) in [6.07, 6.45) is 3.55. The molecule has 4 heteroatoms. The number of methoxy groups -OCH3 is 1. The molecule has 4 nitrogen and oxygen atoms in total. The van der Waals surface area contributed by atoms with Crippen LogP contribution in [-0.2, 0) is 7.05 Å². The van der Waals surface area contributed by atoms with Gasteiger partial charge in [0.25, 0.3) is 0 Å². The number of imidazole rings is 1. The van der Waals surface area contributed by atoms with E-state index in [1.807, 2.05) is 37.4 Å². The summed E-state index contributed by atoms with van der Waals surface area (Å²) in [6, 6.07) is 9.80. The summed E-state index contributed by atoms with van der Waals surface area (Å²) in [6.45, 7) is 0. The molecule has 0 aliphatic carbocycles. The maximum absolute atomic E-state index is 5.24. The van der Waals surface area contributed by atoms with Crippen LogP contribution in [0.15, 0.2) is 42.7 Å². The third kappa shape index (κ3) is 1.62. The van der Waals surface area contributed by atoms with Gasteiger partial charge in [-0.05, 0) is 24.3 Å². The second kappa shape index (κ2) is 4.14. The van der Waals surface area contributed by atoms with Crippen LogP contribution in [0.3, 0.4) is 0 Å². The lowest BCUT2D eigenvalue weighted by molar-refractivity contribution is 0.415. The zero-order valence-electron chi connectivity index (χ0n) is 10.3. The summed E-state index contributed by atoms with van der Waals surface area (Å²) < 4.78 is 7.30. The predicted octanol–water partition coefficient (Wildman–Crippen LogP) is 2.64. The number of aryl methyl sites for hydroxylation is 1. The van der Waals surface area contributed by atoms with Crippen molar-refractivity contribution in [3.8, 4) is 17.1 Å². The maximum Gasteiger partial charge on any atom is 0.140 e. The summed E-state index contributed by atoms with van der Waals surface area (Å²) in [5, 5.41) is 0. The average Bonchev–Trinajstić information content (AvgIpc) is 2.77. The van der Waals surface area contributed by atoms with E-state index in [0.29, 0.717) is 0 Å². The van der Waals surface area contributed by atoms with Crippen LogP contribution >= 0.6 is 0 Å². The Labute approximate surface area is 105 Å². The lowest BCUT2D eigenvalue weighted by Gasteiger charge is -2.02. The molecule has 0 aliphatic heterocycles. The minimum Gasteiger partial charge on any atom is -0.497 e. The molecule has 2 aromatic heterocycles. The number of hydrogen-bond acceptors (Lipinski definition) is 3. The Bertz CT molecular complexity index is 689. The molecule has 0 aliphatic rings. The van der Waals surface area contributed by atoms with Gasteiger partial charge in [-0.1, -0.05) is 0 Å². The molecule has 0 unspecified atom stereocenters. The first-order chi connectivity index (χ1) is 8.79. The maximum atomic E-state index is 5.24. The molecule has 0 radical (unpaired) electrons. The van der Waals surface area contributed by atoms with Crippen molar-refractivity contribution in [3.63, 3.8) is 0 Å². The molecule has 0 saturated carbocycles. The quantitative estimate of drug-likeness (QED) is 0.690. The number of fused-ring (bicyclic) bond motifs is 1. The SMILES string of the molecule is COc1ccc2nc(-c3ccncc3)n(C)c2c1. The third-order valence-corrected chi connectivity index (χ3v) is 3.03. The standard InChI is InChI=1S/C14H13N3O/c1-17-13-9-11(18-2)3-4-12(13)16-14(17)10-5-7-15-8-6-10/h3-9H,1-2H3. The molecule has 0 N–H and O–H groups in total. The van der Waals surface area contributed by atoms with Gasteiger partial charge < -0.3 is 9.30 Å². The fraction of sp³-hybridized carbons (Fsp3) is 0.143. The molecule has 0 fully saturated rings. The first kappa shape index (κ1) is 10.8. The van der Waals surface area contributed by atoms with E-state index in [0.717, 1.165) is 28.2 Å². The summed E-state index contributed by atoms with van der Waals surface area (Å²) in [7, 11) is 3.67. The van der Waals surface area contributed by atoms with Crippen LogP contribution in [-0.4, -0.2) is 21.6 Å². The van der Waals surface area contributed by atoms with Gasteiger partial charge in [-0.3, -0.25) is 4.98 Å². The van der Waals surface area contributed by atoms with E-state index in [9.17, 15) is 0 Å². The van der Waals surface area contributed by atoms with Gasteiger partial charge in [-0.2, -0.15) is 0 Å². The van der Waals surface area contributed by atoms with E-state index < -0.39 is 0 Å². The normalized spacial score (nSPS) is 10.8. The van der Waals surface area contributed by atoms with Gasteiger partial charge in [0, 0.05) is 31.1 Å². The van der Waals surface area contributed by atoms with Crippen molar-refractivity contribution in [1.82, 2.24) is 14.5 Å². The molecule has 0 spiro atoms. The van der Waals surface area contributed by atoms with Gasteiger partial charge in [0.05, 0.1) is 18.1 Å². The van der Waals surface area contributed by atoms with Crippen LogP contribution in [0, 0.1) is 0 Å². The summed E-state index contributed by atoms with van der Waals surface area (Å²) in [5.41, 5.74) is 3.08. The van der Waals surface area contributed by atoms with Gasteiger partial charge in [0.15, 0.2) is 0 Å². The van der Waals surface area contributed by atoms with E-state index in [-0.39, 0.29) is 0 Å². The second-order valence-electron chi connectivity index (χ2n) is 4.08. The Balaban J connectivity index is 2.23. The van der Waals surface area contributed by atoms with Crippen molar-refractivity contribution in [1.29, 1.82) is 0 Å². The van der Waals surface area contributed by atoms with Gasteiger partial charge in [0.1, 0.15) is 11.6 Å². The minimum atomic E-state index is 0.840.